The number of aromatic hydroxyl groups is 1. The van der Waals surface area contributed by atoms with Gasteiger partial charge in [0.25, 0.3) is 5.91 Å². The second-order valence-corrected chi connectivity index (χ2v) is 7.80. The fraction of sp³-hybridized carbons (Fsp3) is 0.0833. The minimum atomic E-state index is -0.729. The average molecular weight is 436 g/mol. The number of halogens is 2. The Morgan fingerprint density at radius 1 is 1.00 bits per heavy atom. The maximum atomic E-state index is 13.4. The minimum absolute atomic E-state index is 0.0278. The molecule has 0 saturated heterocycles. The van der Waals surface area contributed by atoms with Gasteiger partial charge in [0.2, 0.25) is 5.76 Å². The van der Waals surface area contributed by atoms with E-state index < -0.39 is 11.9 Å². The van der Waals surface area contributed by atoms with Gasteiger partial charge in [0.05, 0.1) is 17.0 Å². The lowest BCUT2D eigenvalue weighted by Crippen LogP contribution is -2.29. The number of benzene rings is 3. The third kappa shape index (κ3) is 3.25. The van der Waals surface area contributed by atoms with E-state index in [9.17, 15) is 19.1 Å². The van der Waals surface area contributed by atoms with E-state index in [1.54, 1.807) is 36.4 Å². The number of hydrogen-bond donors (Lipinski definition) is 1. The number of carbonyl (C=O) groups is 1. The van der Waals surface area contributed by atoms with Crippen LogP contribution in [0, 0.1) is 5.82 Å². The smallest absolute Gasteiger partial charge is 0.291 e. The van der Waals surface area contributed by atoms with Gasteiger partial charge in [-0.1, -0.05) is 35.9 Å². The molecule has 4 aromatic rings. The molecule has 2 heterocycles. The molecular formula is C24H15ClFNO4. The Morgan fingerprint density at radius 3 is 2.42 bits per heavy atom. The molecule has 0 aliphatic carbocycles. The van der Waals surface area contributed by atoms with Crippen molar-refractivity contribution in [3.05, 3.63) is 110 Å². The molecule has 0 unspecified atom stereocenters. The highest BCUT2D eigenvalue weighted by Gasteiger charge is 2.42. The number of fused-ring (bicyclic) bond motifs is 2. The molecule has 1 aromatic heterocycles. The van der Waals surface area contributed by atoms with Gasteiger partial charge in [0, 0.05) is 11.6 Å². The largest absolute Gasteiger partial charge is 0.508 e. The van der Waals surface area contributed by atoms with Gasteiger partial charge in [0.15, 0.2) is 5.43 Å². The molecule has 0 saturated carbocycles. The summed E-state index contributed by atoms with van der Waals surface area (Å²) in [4.78, 5) is 28.2. The molecule has 5 rings (SSSR count). The average Bonchev–Trinajstić information content (AvgIpc) is 3.03. The summed E-state index contributed by atoms with van der Waals surface area (Å²) < 4.78 is 19.2. The molecule has 0 bridgehead atoms. The molecule has 3 aromatic carbocycles. The maximum Gasteiger partial charge on any atom is 0.291 e. The van der Waals surface area contributed by atoms with Crippen LogP contribution in [0.15, 0.2) is 75.9 Å². The van der Waals surface area contributed by atoms with Gasteiger partial charge in [-0.05, 0) is 53.6 Å². The zero-order chi connectivity index (χ0) is 21.7. The highest BCUT2D eigenvalue weighted by Crippen LogP contribution is 2.39. The maximum absolute atomic E-state index is 13.4. The molecule has 0 fully saturated rings. The van der Waals surface area contributed by atoms with Crippen LogP contribution in [0.25, 0.3) is 11.0 Å². The summed E-state index contributed by atoms with van der Waals surface area (Å²) in [5, 5.41) is 10.4. The number of rotatable bonds is 3. The van der Waals surface area contributed by atoms with Crippen molar-refractivity contribution < 1.29 is 18.7 Å². The fourth-order valence-corrected chi connectivity index (χ4v) is 4.12. The number of phenols is 1. The Balaban J connectivity index is 1.72. The van der Waals surface area contributed by atoms with Gasteiger partial charge in [-0.3, -0.25) is 9.59 Å². The van der Waals surface area contributed by atoms with E-state index in [4.69, 9.17) is 16.0 Å². The Labute approximate surface area is 180 Å². The molecule has 154 valence electrons. The van der Waals surface area contributed by atoms with Crippen molar-refractivity contribution in [2.45, 2.75) is 12.6 Å². The lowest BCUT2D eigenvalue weighted by atomic mass is 9.98. The van der Waals surface area contributed by atoms with E-state index in [2.05, 4.69) is 0 Å². The highest BCUT2D eigenvalue weighted by atomic mass is 35.5. The molecular weight excluding hydrogens is 421 g/mol. The molecule has 0 spiro atoms. The van der Waals surface area contributed by atoms with Crippen LogP contribution < -0.4 is 5.43 Å². The van der Waals surface area contributed by atoms with Crippen LogP contribution in [0.5, 0.6) is 5.75 Å². The van der Waals surface area contributed by atoms with Crippen molar-refractivity contribution in [1.29, 1.82) is 0 Å². The third-order valence-corrected chi connectivity index (χ3v) is 5.64. The number of phenolic OH excluding ortho intramolecular Hbond substituents is 1. The molecule has 1 atom stereocenters. The first-order chi connectivity index (χ1) is 14.9. The van der Waals surface area contributed by atoms with Crippen LogP contribution >= 0.6 is 11.6 Å². The summed E-state index contributed by atoms with van der Waals surface area (Å²) >= 11 is 6.07. The van der Waals surface area contributed by atoms with Crippen LogP contribution in [0.4, 0.5) is 4.39 Å². The molecule has 7 heteroatoms. The van der Waals surface area contributed by atoms with Crippen molar-refractivity contribution in [1.82, 2.24) is 4.90 Å². The Morgan fingerprint density at radius 2 is 1.71 bits per heavy atom. The van der Waals surface area contributed by atoms with E-state index in [-0.39, 0.29) is 45.8 Å². The lowest BCUT2D eigenvalue weighted by molar-refractivity contribution is 0.0714. The van der Waals surface area contributed by atoms with E-state index >= 15 is 0 Å². The SMILES string of the molecule is O=C1c2oc3ccc(Cl)cc3c(=O)c2[C@H](c2ccc(O)cc2)N1Cc1ccc(F)cc1. The summed E-state index contributed by atoms with van der Waals surface area (Å²) in [7, 11) is 0. The molecule has 5 nitrogen and oxygen atoms in total. The van der Waals surface area contributed by atoms with Crippen LogP contribution in [0.2, 0.25) is 5.02 Å². The second kappa shape index (κ2) is 7.25. The quantitative estimate of drug-likeness (QED) is 0.489. The Bertz CT molecular complexity index is 1380. The first-order valence-electron chi connectivity index (χ1n) is 9.53. The van der Waals surface area contributed by atoms with E-state index in [0.29, 0.717) is 16.1 Å². The summed E-state index contributed by atoms with van der Waals surface area (Å²) in [6, 6.07) is 16.0. The zero-order valence-corrected chi connectivity index (χ0v) is 16.8. The third-order valence-electron chi connectivity index (χ3n) is 5.40. The summed E-state index contributed by atoms with van der Waals surface area (Å²) in [5.41, 5.74) is 1.49. The van der Waals surface area contributed by atoms with Gasteiger partial charge in [-0.2, -0.15) is 0 Å². The van der Waals surface area contributed by atoms with Gasteiger partial charge >= 0.3 is 0 Å². The van der Waals surface area contributed by atoms with Crippen molar-refractivity contribution in [3.8, 4) is 5.75 Å². The van der Waals surface area contributed by atoms with Crippen LogP contribution in [-0.2, 0) is 6.54 Å². The number of amides is 1. The van der Waals surface area contributed by atoms with Crippen LogP contribution in [0.1, 0.15) is 33.3 Å². The van der Waals surface area contributed by atoms with Gasteiger partial charge in [-0.25, -0.2) is 4.39 Å². The van der Waals surface area contributed by atoms with Crippen molar-refractivity contribution in [2.24, 2.45) is 0 Å². The van der Waals surface area contributed by atoms with Gasteiger partial charge in [0.1, 0.15) is 17.1 Å². The normalized spacial score (nSPS) is 15.5. The van der Waals surface area contributed by atoms with E-state index in [0.717, 1.165) is 0 Å². The van der Waals surface area contributed by atoms with Crippen molar-refractivity contribution in [3.63, 3.8) is 0 Å². The first-order valence-corrected chi connectivity index (χ1v) is 9.91. The predicted octanol–water partition coefficient (Wildman–Crippen LogP) is 5.04. The van der Waals surface area contributed by atoms with Gasteiger partial charge in [-0.15, -0.1) is 0 Å². The lowest BCUT2D eigenvalue weighted by Gasteiger charge is -2.25. The summed E-state index contributed by atoms with van der Waals surface area (Å²) in [5.74, 6) is -0.781. The van der Waals surface area contributed by atoms with E-state index in [1.807, 2.05) is 0 Å². The summed E-state index contributed by atoms with van der Waals surface area (Å²) in [6.45, 7) is 0.144. The zero-order valence-electron chi connectivity index (χ0n) is 16.0. The number of carbonyl (C=O) groups excluding carboxylic acids is 1. The van der Waals surface area contributed by atoms with Crippen LogP contribution in [0.3, 0.4) is 0 Å². The van der Waals surface area contributed by atoms with Crippen molar-refractivity contribution in [2.75, 3.05) is 0 Å². The minimum Gasteiger partial charge on any atom is -0.508 e. The van der Waals surface area contributed by atoms with Gasteiger partial charge < -0.3 is 14.4 Å². The Hall–Kier alpha value is -3.64. The number of nitrogens with zero attached hydrogens (tertiary/aromatic N) is 1. The van der Waals surface area contributed by atoms with E-state index in [1.165, 1.54) is 35.2 Å². The van der Waals surface area contributed by atoms with Crippen molar-refractivity contribution >= 4 is 28.5 Å². The first kappa shape index (κ1) is 19.3. The molecule has 1 aliphatic rings. The Kier molecular flexibility index (Phi) is 4.52. The fourth-order valence-electron chi connectivity index (χ4n) is 3.95. The van der Waals surface area contributed by atoms with Crippen LogP contribution in [-0.4, -0.2) is 15.9 Å². The molecule has 1 N–H and O–H groups in total. The topological polar surface area (TPSA) is 70.8 Å². The molecule has 31 heavy (non-hydrogen) atoms. The standard InChI is InChI=1S/C24H15ClFNO4/c25-15-5-10-19-18(11-15)22(29)20-21(14-3-8-17(28)9-4-14)27(24(30)23(20)31-19)12-13-1-6-16(26)7-2-13/h1-11,21,28H,12H2/t21-/m0/s1. The predicted molar refractivity (Wildman–Crippen MR) is 114 cm³/mol. The summed E-state index contributed by atoms with van der Waals surface area (Å²) in [6.07, 6.45) is 0. The monoisotopic (exact) mass is 435 g/mol. The number of hydrogen-bond acceptors (Lipinski definition) is 4. The molecule has 1 amide bonds. The molecule has 0 radical (unpaired) electrons. The molecule has 1 aliphatic heterocycles. The highest BCUT2D eigenvalue weighted by molar-refractivity contribution is 6.31. The second-order valence-electron chi connectivity index (χ2n) is 7.37.